The Balaban J connectivity index is 1.54. The molecule has 1 heterocycles. The molecule has 0 radical (unpaired) electrons. The monoisotopic (exact) mass is 500 g/mol. The summed E-state index contributed by atoms with van der Waals surface area (Å²) < 4.78 is 17.0. The quantitative estimate of drug-likeness (QED) is 0.284. The van der Waals surface area contributed by atoms with E-state index in [1.54, 1.807) is 13.2 Å². The average Bonchev–Trinajstić information content (AvgIpc) is 2.90. The van der Waals surface area contributed by atoms with Crippen molar-refractivity contribution < 1.29 is 19.0 Å². The molecule has 2 unspecified atom stereocenters. The fourth-order valence-corrected chi connectivity index (χ4v) is 4.30. The van der Waals surface area contributed by atoms with Crippen LogP contribution in [-0.2, 0) is 22.6 Å². The van der Waals surface area contributed by atoms with E-state index in [0.717, 1.165) is 28.7 Å². The molecule has 0 aliphatic rings. The normalized spacial score (nSPS) is 12.6. The molecule has 0 saturated heterocycles. The first-order chi connectivity index (χ1) is 17.9. The van der Waals surface area contributed by atoms with Gasteiger partial charge in [0.1, 0.15) is 24.2 Å². The number of carbonyl (C=O) groups is 1. The van der Waals surface area contributed by atoms with Gasteiger partial charge in [0, 0.05) is 36.5 Å². The van der Waals surface area contributed by atoms with Crippen LogP contribution in [0.25, 0.3) is 10.9 Å². The van der Waals surface area contributed by atoms with E-state index in [-0.39, 0.29) is 17.6 Å². The van der Waals surface area contributed by atoms with Gasteiger partial charge in [-0.2, -0.15) is 0 Å². The van der Waals surface area contributed by atoms with Gasteiger partial charge in [0.2, 0.25) is 5.56 Å². The zero-order valence-electron chi connectivity index (χ0n) is 21.3. The number of benzene rings is 3. The Hall–Kier alpha value is -4.10. The number of hydrogen-bond acceptors (Lipinski definition) is 6. The Morgan fingerprint density at radius 2 is 1.70 bits per heavy atom. The summed E-state index contributed by atoms with van der Waals surface area (Å²) in [7, 11) is 1.65. The predicted molar refractivity (Wildman–Crippen MR) is 144 cm³/mol. The maximum absolute atomic E-state index is 12.2. The van der Waals surface area contributed by atoms with Gasteiger partial charge < -0.3 is 24.5 Å². The molecule has 1 aromatic heterocycles. The highest BCUT2D eigenvalue weighted by Crippen LogP contribution is 2.32. The molecule has 3 aromatic carbocycles. The van der Waals surface area contributed by atoms with Crippen LogP contribution in [0.3, 0.4) is 0 Å². The summed E-state index contributed by atoms with van der Waals surface area (Å²) in [5, 5.41) is 4.25. The molecule has 2 atom stereocenters. The van der Waals surface area contributed by atoms with Gasteiger partial charge in [-0.3, -0.25) is 9.59 Å². The number of carbonyl (C=O) groups excluding carboxylic acids is 1. The number of ether oxygens (including phenoxy) is 3. The van der Waals surface area contributed by atoms with Crippen LogP contribution in [0.4, 0.5) is 0 Å². The topological polar surface area (TPSA) is 89.7 Å². The third-order valence-corrected chi connectivity index (χ3v) is 6.14. The van der Waals surface area contributed by atoms with Gasteiger partial charge in [-0.1, -0.05) is 48.5 Å². The second kappa shape index (κ2) is 12.2. The fourth-order valence-electron chi connectivity index (χ4n) is 4.30. The standard InChI is InChI=1S/C30H32N2O5/c1-20(17-22-9-11-24(35-3)12-10-22)31-18-28(37-21(2)33)25-13-15-27(30-26(25)14-16-29(34)32-30)36-19-23-7-5-4-6-8-23/h4-16,20,28,31H,17-19H2,1-3H3,(H,32,34). The third kappa shape index (κ3) is 6.98. The molecule has 0 aliphatic heterocycles. The molecule has 0 fully saturated rings. The Morgan fingerprint density at radius 3 is 2.41 bits per heavy atom. The number of pyridine rings is 1. The van der Waals surface area contributed by atoms with Crippen LogP contribution in [0.15, 0.2) is 83.7 Å². The third-order valence-electron chi connectivity index (χ3n) is 6.14. The zero-order valence-corrected chi connectivity index (χ0v) is 21.3. The molecular formula is C30H32N2O5. The first-order valence-corrected chi connectivity index (χ1v) is 12.3. The molecule has 0 aliphatic carbocycles. The Labute approximate surface area is 216 Å². The van der Waals surface area contributed by atoms with Crippen molar-refractivity contribution >= 4 is 16.9 Å². The van der Waals surface area contributed by atoms with Gasteiger partial charge in [0.25, 0.3) is 0 Å². The Morgan fingerprint density at radius 1 is 0.946 bits per heavy atom. The maximum atomic E-state index is 12.2. The summed E-state index contributed by atoms with van der Waals surface area (Å²) in [5.74, 6) is 1.000. The number of aromatic amines is 1. The lowest BCUT2D eigenvalue weighted by Gasteiger charge is -2.23. The molecule has 0 spiro atoms. The molecule has 0 saturated carbocycles. The van der Waals surface area contributed by atoms with Crippen molar-refractivity contribution in [3.05, 3.63) is 106 Å². The SMILES string of the molecule is COc1ccc(CC(C)NCC(OC(C)=O)c2ccc(OCc3ccccc3)c3[nH]c(=O)ccc23)cc1. The number of methoxy groups -OCH3 is 1. The molecule has 7 nitrogen and oxygen atoms in total. The van der Waals surface area contributed by atoms with Crippen molar-refractivity contribution in [1.29, 1.82) is 0 Å². The molecule has 4 aromatic rings. The second-order valence-electron chi connectivity index (χ2n) is 9.00. The van der Waals surface area contributed by atoms with Gasteiger partial charge in [0.15, 0.2) is 0 Å². The number of rotatable bonds is 11. The number of H-pyrrole nitrogens is 1. The molecule has 192 valence electrons. The van der Waals surface area contributed by atoms with Crippen LogP contribution in [0.1, 0.15) is 36.6 Å². The first-order valence-electron chi connectivity index (χ1n) is 12.3. The van der Waals surface area contributed by atoms with E-state index in [9.17, 15) is 9.59 Å². The van der Waals surface area contributed by atoms with Crippen molar-refractivity contribution in [1.82, 2.24) is 10.3 Å². The molecule has 7 heteroatoms. The minimum atomic E-state index is -0.549. The minimum absolute atomic E-state index is 0.131. The zero-order chi connectivity index (χ0) is 26.2. The van der Waals surface area contributed by atoms with Gasteiger partial charge in [-0.05, 0) is 48.7 Å². The summed E-state index contributed by atoms with van der Waals surface area (Å²) in [6.07, 6.45) is 0.254. The van der Waals surface area contributed by atoms with Crippen LogP contribution in [0, 0.1) is 0 Å². The minimum Gasteiger partial charge on any atom is -0.497 e. The summed E-state index contributed by atoms with van der Waals surface area (Å²) in [4.78, 5) is 27.1. The number of aromatic nitrogens is 1. The van der Waals surface area contributed by atoms with Crippen molar-refractivity contribution in [2.24, 2.45) is 0 Å². The van der Waals surface area contributed by atoms with Crippen molar-refractivity contribution in [3.8, 4) is 11.5 Å². The van der Waals surface area contributed by atoms with Crippen LogP contribution in [0.2, 0.25) is 0 Å². The molecule has 4 rings (SSSR count). The summed E-state index contributed by atoms with van der Waals surface area (Å²) in [6, 6.07) is 24.8. The number of fused-ring (bicyclic) bond motifs is 1. The highest BCUT2D eigenvalue weighted by Gasteiger charge is 2.21. The van der Waals surface area contributed by atoms with E-state index < -0.39 is 6.10 Å². The maximum Gasteiger partial charge on any atom is 0.303 e. The van der Waals surface area contributed by atoms with Crippen LogP contribution >= 0.6 is 0 Å². The first kappa shape index (κ1) is 26.0. The van der Waals surface area contributed by atoms with E-state index >= 15 is 0 Å². The van der Waals surface area contributed by atoms with E-state index in [1.165, 1.54) is 18.6 Å². The highest BCUT2D eigenvalue weighted by atomic mass is 16.5. The van der Waals surface area contributed by atoms with Gasteiger partial charge >= 0.3 is 5.97 Å². The summed E-state index contributed by atoms with van der Waals surface area (Å²) in [6.45, 7) is 4.26. The van der Waals surface area contributed by atoms with Gasteiger partial charge in [0.05, 0.1) is 12.6 Å². The average molecular weight is 501 g/mol. The molecule has 2 N–H and O–H groups in total. The van der Waals surface area contributed by atoms with Gasteiger partial charge in [-0.15, -0.1) is 0 Å². The molecule has 0 bridgehead atoms. The summed E-state index contributed by atoms with van der Waals surface area (Å²) >= 11 is 0. The van der Waals surface area contributed by atoms with Gasteiger partial charge in [-0.25, -0.2) is 0 Å². The fraction of sp³-hybridized carbons (Fsp3) is 0.267. The molecular weight excluding hydrogens is 468 g/mol. The van der Waals surface area contributed by atoms with Crippen LogP contribution in [0.5, 0.6) is 11.5 Å². The molecule has 0 amide bonds. The van der Waals surface area contributed by atoms with Crippen molar-refractivity contribution in [2.45, 2.75) is 39.0 Å². The lowest BCUT2D eigenvalue weighted by atomic mass is 10.0. The van der Waals surface area contributed by atoms with Crippen LogP contribution < -0.4 is 20.3 Å². The number of nitrogens with one attached hydrogen (secondary N) is 2. The van der Waals surface area contributed by atoms with Crippen LogP contribution in [-0.4, -0.2) is 30.6 Å². The van der Waals surface area contributed by atoms with E-state index in [4.69, 9.17) is 14.2 Å². The van der Waals surface area contributed by atoms with E-state index in [2.05, 4.69) is 17.2 Å². The number of hydrogen-bond donors (Lipinski definition) is 2. The smallest absolute Gasteiger partial charge is 0.303 e. The Bertz CT molecular complexity index is 1380. The van der Waals surface area contributed by atoms with Crippen molar-refractivity contribution in [2.75, 3.05) is 13.7 Å². The predicted octanol–water partition coefficient (Wildman–Crippen LogP) is 4.94. The highest BCUT2D eigenvalue weighted by molar-refractivity contribution is 5.88. The summed E-state index contributed by atoms with van der Waals surface area (Å²) in [5.41, 5.74) is 3.32. The largest absolute Gasteiger partial charge is 0.497 e. The van der Waals surface area contributed by atoms with E-state index in [1.807, 2.05) is 66.7 Å². The lowest BCUT2D eigenvalue weighted by Crippen LogP contribution is -2.33. The number of esters is 1. The molecule has 37 heavy (non-hydrogen) atoms. The Kier molecular flexibility index (Phi) is 8.59. The van der Waals surface area contributed by atoms with E-state index in [0.29, 0.717) is 24.4 Å². The van der Waals surface area contributed by atoms with Crippen molar-refractivity contribution in [3.63, 3.8) is 0 Å². The second-order valence-corrected chi connectivity index (χ2v) is 9.00. The lowest BCUT2D eigenvalue weighted by molar-refractivity contribution is -0.146.